The van der Waals surface area contributed by atoms with Gasteiger partial charge in [0.15, 0.2) is 0 Å². The summed E-state index contributed by atoms with van der Waals surface area (Å²) in [5, 5.41) is 12.6. The van der Waals surface area contributed by atoms with Gasteiger partial charge in [-0.25, -0.2) is 0 Å². The van der Waals surface area contributed by atoms with Crippen LogP contribution < -0.4 is 0 Å². The van der Waals surface area contributed by atoms with E-state index in [0.29, 0.717) is 0 Å². The lowest BCUT2D eigenvalue weighted by Gasteiger charge is -2.48. The van der Waals surface area contributed by atoms with Gasteiger partial charge in [-0.3, -0.25) is 4.90 Å². The average Bonchev–Trinajstić information content (AvgIpc) is 3.12. The maximum Gasteiger partial charge on any atom is 0.0649 e. The zero-order valence-corrected chi connectivity index (χ0v) is 17.1. The number of rotatable bonds is 6. The number of H-pyrrole nitrogens is 1. The van der Waals surface area contributed by atoms with Gasteiger partial charge in [-0.1, -0.05) is 48.5 Å². The van der Waals surface area contributed by atoms with Crippen molar-refractivity contribution in [2.75, 3.05) is 14.1 Å². The molecule has 0 aliphatic heterocycles. The number of aromatic amines is 1. The quantitative estimate of drug-likeness (QED) is 0.616. The molecule has 0 amide bonds. The predicted molar refractivity (Wildman–Crippen MR) is 116 cm³/mol. The van der Waals surface area contributed by atoms with Crippen molar-refractivity contribution < 1.29 is 5.11 Å². The van der Waals surface area contributed by atoms with Crippen molar-refractivity contribution in [3.05, 3.63) is 71.9 Å². The van der Waals surface area contributed by atoms with Gasteiger partial charge in [0.05, 0.1) is 5.60 Å². The fourth-order valence-corrected chi connectivity index (χ4v) is 5.07. The van der Waals surface area contributed by atoms with Crippen molar-refractivity contribution in [2.24, 2.45) is 0 Å². The summed E-state index contributed by atoms with van der Waals surface area (Å²) in [6.45, 7) is 0. The van der Waals surface area contributed by atoms with E-state index in [2.05, 4.69) is 84.8 Å². The van der Waals surface area contributed by atoms with Gasteiger partial charge in [0.2, 0.25) is 0 Å². The number of nitrogens with one attached hydrogen (secondary N) is 1. The lowest BCUT2D eigenvalue weighted by Crippen LogP contribution is -2.49. The van der Waals surface area contributed by atoms with Gasteiger partial charge in [0, 0.05) is 22.6 Å². The number of aryl methyl sites for hydroxylation is 1. The molecule has 2 N–H and O–H groups in total. The lowest BCUT2D eigenvalue weighted by atomic mass is 9.69. The molecular weight excluding hydrogens is 344 g/mol. The van der Waals surface area contributed by atoms with Crippen LogP contribution in [0.4, 0.5) is 0 Å². The van der Waals surface area contributed by atoms with E-state index in [0.717, 1.165) is 44.9 Å². The standard InChI is InChI=1S/C25H32N2O/c1-27(2)25(21-10-4-3-5-11-21)17-15-24(28,16-18-25)14-8-9-20-19-26-23-13-7-6-12-22(20)23/h3-7,10-13,19,26,28H,8-9,14-18H2,1-2H3. The van der Waals surface area contributed by atoms with E-state index in [9.17, 15) is 5.11 Å². The fourth-order valence-electron chi connectivity index (χ4n) is 5.07. The molecule has 1 heterocycles. The number of hydrogen-bond donors (Lipinski definition) is 2. The number of aromatic nitrogens is 1. The van der Waals surface area contributed by atoms with Crippen LogP contribution >= 0.6 is 0 Å². The molecule has 0 unspecified atom stereocenters. The second-order valence-electron chi connectivity index (χ2n) is 8.73. The molecule has 0 saturated heterocycles. The predicted octanol–water partition coefficient (Wildman–Crippen LogP) is 5.25. The summed E-state index contributed by atoms with van der Waals surface area (Å²) in [7, 11) is 4.35. The highest BCUT2D eigenvalue weighted by Crippen LogP contribution is 2.46. The maximum atomic E-state index is 11.2. The molecule has 28 heavy (non-hydrogen) atoms. The summed E-state index contributed by atoms with van der Waals surface area (Å²) in [6, 6.07) is 19.3. The number of fused-ring (bicyclic) bond motifs is 1. The van der Waals surface area contributed by atoms with Crippen molar-refractivity contribution in [2.45, 2.75) is 56.1 Å². The molecule has 4 rings (SSSR count). The largest absolute Gasteiger partial charge is 0.390 e. The first-order valence-electron chi connectivity index (χ1n) is 10.5. The van der Waals surface area contributed by atoms with Crippen LogP contribution in [0.2, 0.25) is 0 Å². The third kappa shape index (κ3) is 3.61. The molecule has 3 aromatic rings. The molecule has 3 nitrogen and oxygen atoms in total. The second kappa shape index (κ2) is 7.73. The molecule has 0 atom stereocenters. The third-order valence-corrected chi connectivity index (χ3v) is 6.94. The molecule has 1 aliphatic rings. The molecule has 148 valence electrons. The van der Waals surface area contributed by atoms with Crippen molar-refractivity contribution in [1.82, 2.24) is 9.88 Å². The van der Waals surface area contributed by atoms with Crippen LogP contribution in [-0.2, 0) is 12.0 Å². The van der Waals surface area contributed by atoms with Gasteiger partial charge in [-0.15, -0.1) is 0 Å². The summed E-state index contributed by atoms with van der Waals surface area (Å²) in [5.41, 5.74) is 3.46. The highest BCUT2D eigenvalue weighted by atomic mass is 16.3. The van der Waals surface area contributed by atoms with Crippen LogP contribution in [0.1, 0.15) is 49.7 Å². The maximum absolute atomic E-state index is 11.2. The molecule has 1 aliphatic carbocycles. The van der Waals surface area contributed by atoms with E-state index in [1.165, 1.54) is 22.0 Å². The van der Waals surface area contributed by atoms with Gasteiger partial charge in [0.25, 0.3) is 0 Å². The Kier molecular flexibility index (Phi) is 5.31. The van der Waals surface area contributed by atoms with E-state index in [4.69, 9.17) is 0 Å². The smallest absolute Gasteiger partial charge is 0.0649 e. The minimum absolute atomic E-state index is 0.0460. The first-order valence-corrected chi connectivity index (χ1v) is 10.5. The molecule has 1 aromatic heterocycles. The van der Waals surface area contributed by atoms with Crippen LogP contribution in [0.3, 0.4) is 0 Å². The zero-order chi connectivity index (χ0) is 19.6. The molecule has 0 bridgehead atoms. The van der Waals surface area contributed by atoms with E-state index in [1.54, 1.807) is 0 Å². The van der Waals surface area contributed by atoms with Gasteiger partial charge in [-0.2, -0.15) is 0 Å². The van der Waals surface area contributed by atoms with Crippen LogP contribution in [0.25, 0.3) is 10.9 Å². The van der Waals surface area contributed by atoms with E-state index in [-0.39, 0.29) is 5.54 Å². The highest BCUT2D eigenvalue weighted by molar-refractivity contribution is 5.82. The minimum Gasteiger partial charge on any atom is -0.390 e. The zero-order valence-electron chi connectivity index (χ0n) is 17.1. The molecule has 1 saturated carbocycles. The Bertz CT molecular complexity index is 904. The average molecular weight is 377 g/mol. The van der Waals surface area contributed by atoms with E-state index in [1.807, 2.05) is 0 Å². The van der Waals surface area contributed by atoms with Crippen molar-refractivity contribution >= 4 is 10.9 Å². The Balaban J connectivity index is 1.39. The molecule has 0 spiro atoms. The first-order chi connectivity index (χ1) is 13.5. The SMILES string of the molecule is CN(C)C1(c2ccccc2)CCC(O)(CCCc2c[nH]c3ccccc23)CC1. The van der Waals surface area contributed by atoms with Crippen molar-refractivity contribution in [3.63, 3.8) is 0 Å². The van der Waals surface area contributed by atoms with Crippen LogP contribution in [-0.4, -0.2) is 34.7 Å². The Hall–Kier alpha value is -2.10. The van der Waals surface area contributed by atoms with Crippen LogP contribution in [0, 0.1) is 0 Å². The first kappa shape index (κ1) is 19.2. The molecular formula is C25H32N2O. The number of hydrogen-bond acceptors (Lipinski definition) is 2. The molecule has 3 heteroatoms. The molecule has 1 fully saturated rings. The normalized spacial score (nSPS) is 25.4. The van der Waals surface area contributed by atoms with Crippen LogP contribution in [0.15, 0.2) is 60.8 Å². The third-order valence-electron chi connectivity index (χ3n) is 6.94. The number of para-hydroxylation sites is 1. The molecule has 0 radical (unpaired) electrons. The van der Waals surface area contributed by atoms with Crippen LogP contribution in [0.5, 0.6) is 0 Å². The summed E-state index contributed by atoms with van der Waals surface area (Å²) in [5.74, 6) is 0. The number of aliphatic hydroxyl groups is 1. The van der Waals surface area contributed by atoms with Gasteiger partial charge in [-0.05, 0) is 76.2 Å². The Morgan fingerprint density at radius 3 is 2.32 bits per heavy atom. The topological polar surface area (TPSA) is 39.3 Å². The summed E-state index contributed by atoms with van der Waals surface area (Å²) < 4.78 is 0. The van der Waals surface area contributed by atoms with Gasteiger partial charge in [0.1, 0.15) is 0 Å². The summed E-state index contributed by atoms with van der Waals surface area (Å²) >= 11 is 0. The molecule has 2 aromatic carbocycles. The monoisotopic (exact) mass is 376 g/mol. The fraction of sp³-hybridized carbons (Fsp3) is 0.440. The lowest BCUT2D eigenvalue weighted by molar-refractivity contribution is -0.0524. The minimum atomic E-state index is -0.527. The number of benzene rings is 2. The second-order valence-corrected chi connectivity index (χ2v) is 8.73. The Labute approximate surface area is 168 Å². The highest BCUT2D eigenvalue weighted by Gasteiger charge is 2.43. The van der Waals surface area contributed by atoms with E-state index < -0.39 is 5.60 Å². The summed E-state index contributed by atoms with van der Waals surface area (Å²) in [4.78, 5) is 5.71. The van der Waals surface area contributed by atoms with Gasteiger partial charge >= 0.3 is 0 Å². The van der Waals surface area contributed by atoms with E-state index >= 15 is 0 Å². The Morgan fingerprint density at radius 2 is 1.61 bits per heavy atom. The van der Waals surface area contributed by atoms with Crippen molar-refractivity contribution in [3.8, 4) is 0 Å². The Morgan fingerprint density at radius 1 is 0.929 bits per heavy atom. The van der Waals surface area contributed by atoms with Gasteiger partial charge < -0.3 is 10.1 Å². The summed E-state index contributed by atoms with van der Waals surface area (Å²) in [6.07, 6.45) is 8.80. The number of nitrogens with zero attached hydrogens (tertiary/aromatic N) is 1. The van der Waals surface area contributed by atoms with Crippen molar-refractivity contribution in [1.29, 1.82) is 0 Å².